The highest BCUT2D eigenvalue weighted by Crippen LogP contribution is 2.36. The van der Waals surface area contributed by atoms with Gasteiger partial charge in [0.25, 0.3) is 0 Å². The Hall–Kier alpha value is -2.22. The first kappa shape index (κ1) is 15.2. The van der Waals surface area contributed by atoms with E-state index in [0.717, 1.165) is 12.8 Å². The summed E-state index contributed by atoms with van der Waals surface area (Å²) in [5.74, 6) is 0.686. The minimum atomic E-state index is -0.506. The molecule has 5 heteroatoms. The van der Waals surface area contributed by atoms with Crippen LogP contribution in [-0.2, 0) is 4.74 Å². The van der Waals surface area contributed by atoms with Crippen molar-refractivity contribution >= 4 is 6.09 Å². The molecule has 0 bridgehead atoms. The molecule has 1 aromatic carbocycles. The van der Waals surface area contributed by atoms with E-state index < -0.39 is 11.7 Å². The lowest BCUT2D eigenvalue weighted by molar-refractivity contribution is 0.0477. The van der Waals surface area contributed by atoms with Gasteiger partial charge in [0.1, 0.15) is 18.0 Å². The highest BCUT2D eigenvalue weighted by atomic mass is 16.6. The van der Waals surface area contributed by atoms with Gasteiger partial charge in [0.2, 0.25) is 0 Å². The highest BCUT2D eigenvalue weighted by Gasteiger charge is 2.46. The van der Waals surface area contributed by atoms with Gasteiger partial charge in [-0.05, 0) is 57.9 Å². The fourth-order valence-electron chi connectivity index (χ4n) is 1.82. The summed E-state index contributed by atoms with van der Waals surface area (Å²) in [6.45, 7) is 5.90. The molecule has 1 amide bonds. The van der Waals surface area contributed by atoms with Crippen LogP contribution >= 0.6 is 0 Å². The molecule has 0 unspecified atom stereocenters. The molecule has 1 aliphatic carbocycles. The molecule has 1 N–H and O–H groups in total. The zero-order chi connectivity index (χ0) is 15.5. The molecule has 0 atom stereocenters. The van der Waals surface area contributed by atoms with Crippen molar-refractivity contribution in [1.29, 1.82) is 5.26 Å². The number of carbonyl (C=O) groups is 1. The van der Waals surface area contributed by atoms with E-state index >= 15 is 0 Å². The summed E-state index contributed by atoms with van der Waals surface area (Å²) in [6, 6.07) is 8.97. The molecule has 1 fully saturated rings. The average molecular weight is 288 g/mol. The minimum absolute atomic E-state index is 0.323. The Labute approximate surface area is 124 Å². The standard InChI is InChI=1S/C16H20N2O3/c1-15(2,3)21-14(19)18-16(8-9-16)11-20-13-6-4-12(10-17)5-7-13/h4-7H,8-9,11H2,1-3H3,(H,18,19). The number of carbonyl (C=O) groups excluding carboxylic acids is 1. The van der Waals surface area contributed by atoms with Crippen molar-refractivity contribution < 1.29 is 14.3 Å². The Morgan fingerprint density at radius 2 is 1.95 bits per heavy atom. The van der Waals surface area contributed by atoms with Crippen molar-refractivity contribution in [1.82, 2.24) is 5.32 Å². The summed E-state index contributed by atoms with van der Waals surface area (Å²) in [5, 5.41) is 11.6. The fourth-order valence-corrected chi connectivity index (χ4v) is 1.82. The van der Waals surface area contributed by atoms with Gasteiger partial charge in [-0.1, -0.05) is 0 Å². The Morgan fingerprint density at radius 3 is 2.43 bits per heavy atom. The lowest BCUT2D eigenvalue weighted by atomic mass is 10.2. The van der Waals surface area contributed by atoms with E-state index in [1.54, 1.807) is 24.3 Å². The number of nitrogens with one attached hydrogen (secondary N) is 1. The van der Waals surface area contributed by atoms with Crippen LogP contribution in [0.5, 0.6) is 5.75 Å². The molecule has 5 nitrogen and oxygen atoms in total. The molecule has 0 aromatic heterocycles. The molecule has 1 aliphatic rings. The molecule has 0 heterocycles. The number of hydrogen-bond donors (Lipinski definition) is 1. The van der Waals surface area contributed by atoms with Crippen molar-refractivity contribution in [2.75, 3.05) is 6.61 Å². The zero-order valence-electron chi connectivity index (χ0n) is 12.6. The van der Waals surface area contributed by atoms with E-state index in [0.29, 0.717) is 17.9 Å². The summed E-state index contributed by atoms with van der Waals surface area (Å²) in [4.78, 5) is 11.8. The van der Waals surface area contributed by atoms with Gasteiger partial charge in [-0.15, -0.1) is 0 Å². The Bertz CT molecular complexity index is 548. The molecular formula is C16H20N2O3. The fraction of sp³-hybridized carbons (Fsp3) is 0.500. The van der Waals surface area contributed by atoms with E-state index in [-0.39, 0.29) is 5.54 Å². The average Bonchev–Trinajstić information content (AvgIpc) is 3.15. The van der Waals surface area contributed by atoms with Crippen LogP contribution in [0.25, 0.3) is 0 Å². The first-order valence-electron chi connectivity index (χ1n) is 6.96. The van der Waals surface area contributed by atoms with Gasteiger partial charge in [-0.25, -0.2) is 4.79 Å². The Balaban J connectivity index is 1.84. The van der Waals surface area contributed by atoms with Gasteiger partial charge in [0.15, 0.2) is 0 Å². The number of hydrogen-bond acceptors (Lipinski definition) is 4. The maximum Gasteiger partial charge on any atom is 0.408 e. The third-order valence-corrected chi connectivity index (χ3v) is 3.12. The van der Waals surface area contributed by atoms with Crippen molar-refractivity contribution in [3.63, 3.8) is 0 Å². The molecule has 2 rings (SSSR count). The topological polar surface area (TPSA) is 71.3 Å². The van der Waals surface area contributed by atoms with Crippen molar-refractivity contribution in [3.05, 3.63) is 29.8 Å². The molecular weight excluding hydrogens is 268 g/mol. The van der Waals surface area contributed by atoms with Crippen LogP contribution < -0.4 is 10.1 Å². The van der Waals surface area contributed by atoms with Crippen molar-refractivity contribution in [2.45, 2.75) is 44.8 Å². The van der Waals surface area contributed by atoms with Gasteiger partial charge in [-0.3, -0.25) is 0 Å². The summed E-state index contributed by atoms with van der Waals surface area (Å²) in [5.41, 5.74) is -0.236. The number of ether oxygens (including phenoxy) is 2. The molecule has 1 aromatic rings. The first-order chi connectivity index (χ1) is 9.82. The molecule has 1 saturated carbocycles. The molecule has 21 heavy (non-hydrogen) atoms. The second-order valence-electron chi connectivity index (χ2n) is 6.33. The summed E-state index contributed by atoms with van der Waals surface area (Å²) >= 11 is 0. The normalized spacial score (nSPS) is 15.7. The molecule has 0 spiro atoms. The lowest BCUT2D eigenvalue weighted by Gasteiger charge is -2.23. The van der Waals surface area contributed by atoms with E-state index in [2.05, 4.69) is 11.4 Å². The Kier molecular flexibility index (Phi) is 4.08. The van der Waals surface area contributed by atoms with Crippen LogP contribution in [0.4, 0.5) is 4.79 Å². The number of rotatable bonds is 4. The van der Waals surface area contributed by atoms with E-state index in [1.165, 1.54) is 0 Å². The third kappa shape index (κ3) is 4.67. The largest absolute Gasteiger partial charge is 0.491 e. The van der Waals surface area contributed by atoms with E-state index in [9.17, 15) is 4.79 Å². The quantitative estimate of drug-likeness (QED) is 0.924. The number of nitriles is 1. The smallest absolute Gasteiger partial charge is 0.408 e. The molecule has 112 valence electrons. The first-order valence-corrected chi connectivity index (χ1v) is 6.96. The number of benzene rings is 1. The minimum Gasteiger partial charge on any atom is -0.491 e. The lowest BCUT2D eigenvalue weighted by Crippen LogP contribution is -2.44. The van der Waals surface area contributed by atoms with Crippen molar-refractivity contribution in [3.8, 4) is 11.8 Å². The molecule has 0 aliphatic heterocycles. The highest BCUT2D eigenvalue weighted by molar-refractivity contribution is 5.69. The summed E-state index contributed by atoms with van der Waals surface area (Å²) in [7, 11) is 0. The van der Waals surface area contributed by atoms with Crippen LogP contribution in [0.1, 0.15) is 39.2 Å². The van der Waals surface area contributed by atoms with E-state index in [4.69, 9.17) is 14.7 Å². The maximum absolute atomic E-state index is 11.8. The van der Waals surface area contributed by atoms with Gasteiger partial charge >= 0.3 is 6.09 Å². The molecule has 0 saturated heterocycles. The monoisotopic (exact) mass is 288 g/mol. The van der Waals surface area contributed by atoms with Crippen LogP contribution in [0, 0.1) is 11.3 Å². The Morgan fingerprint density at radius 1 is 1.33 bits per heavy atom. The van der Waals surface area contributed by atoms with Gasteiger partial charge in [0, 0.05) is 0 Å². The van der Waals surface area contributed by atoms with Gasteiger partial charge in [-0.2, -0.15) is 5.26 Å². The number of alkyl carbamates (subject to hydrolysis) is 1. The number of amides is 1. The predicted octanol–water partition coefficient (Wildman–Crippen LogP) is 2.99. The summed E-state index contributed by atoms with van der Waals surface area (Å²) in [6.07, 6.45) is 1.34. The third-order valence-electron chi connectivity index (χ3n) is 3.12. The maximum atomic E-state index is 11.8. The summed E-state index contributed by atoms with van der Waals surface area (Å²) < 4.78 is 10.9. The van der Waals surface area contributed by atoms with Gasteiger partial charge in [0.05, 0.1) is 17.2 Å². The van der Waals surface area contributed by atoms with Crippen LogP contribution in [-0.4, -0.2) is 23.8 Å². The second kappa shape index (κ2) is 5.65. The van der Waals surface area contributed by atoms with Crippen LogP contribution in [0.15, 0.2) is 24.3 Å². The van der Waals surface area contributed by atoms with Crippen molar-refractivity contribution in [2.24, 2.45) is 0 Å². The predicted molar refractivity (Wildman–Crippen MR) is 78.0 cm³/mol. The SMILES string of the molecule is CC(C)(C)OC(=O)NC1(COc2ccc(C#N)cc2)CC1. The van der Waals surface area contributed by atoms with E-state index in [1.807, 2.05) is 20.8 Å². The molecule has 0 radical (unpaired) electrons. The van der Waals surface area contributed by atoms with Gasteiger partial charge < -0.3 is 14.8 Å². The second-order valence-corrected chi connectivity index (χ2v) is 6.33. The zero-order valence-corrected chi connectivity index (χ0v) is 12.6. The van der Waals surface area contributed by atoms with Crippen LogP contribution in [0.3, 0.4) is 0 Å². The van der Waals surface area contributed by atoms with Crippen LogP contribution in [0.2, 0.25) is 0 Å². The number of nitrogens with zero attached hydrogens (tertiary/aromatic N) is 1.